The lowest BCUT2D eigenvalue weighted by atomic mass is 10.1. The van der Waals surface area contributed by atoms with E-state index in [1.807, 2.05) is 36.4 Å². The molecular formula is C16H17BrO3. The van der Waals surface area contributed by atoms with Crippen LogP contribution in [-0.4, -0.2) is 18.8 Å². The number of hydrogen-bond donors (Lipinski definition) is 1. The second-order valence-electron chi connectivity index (χ2n) is 4.43. The molecule has 0 atom stereocenters. The van der Waals surface area contributed by atoms with Gasteiger partial charge in [0, 0.05) is 13.2 Å². The highest BCUT2D eigenvalue weighted by atomic mass is 79.9. The molecule has 2 rings (SSSR count). The molecule has 2 aromatic rings. The molecule has 0 spiro atoms. The lowest BCUT2D eigenvalue weighted by molar-refractivity contribution is 0.200. The van der Waals surface area contributed by atoms with E-state index in [2.05, 4.69) is 15.9 Å². The van der Waals surface area contributed by atoms with E-state index in [0.717, 1.165) is 17.5 Å². The Labute approximate surface area is 127 Å². The molecule has 4 heteroatoms. The number of phenolic OH excluding ortho intramolecular Hbond substituents is 1. The van der Waals surface area contributed by atoms with Crippen molar-refractivity contribution in [2.24, 2.45) is 0 Å². The molecule has 0 unspecified atom stereocenters. The minimum absolute atomic E-state index is 0.175. The fourth-order valence-electron chi connectivity index (χ4n) is 1.86. The number of aromatic hydroxyl groups is 1. The van der Waals surface area contributed by atoms with Crippen LogP contribution in [0.2, 0.25) is 0 Å². The van der Waals surface area contributed by atoms with E-state index in [0.29, 0.717) is 23.4 Å². The van der Waals surface area contributed by atoms with Gasteiger partial charge in [-0.3, -0.25) is 0 Å². The van der Waals surface area contributed by atoms with Gasteiger partial charge in [-0.2, -0.15) is 0 Å². The van der Waals surface area contributed by atoms with Crippen LogP contribution in [-0.2, 0) is 17.8 Å². The van der Waals surface area contributed by atoms with Crippen molar-refractivity contribution < 1.29 is 14.6 Å². The average Bonchev–Trinajstić information content (AvgIpc) is 2.47. The van der Waals surface area contributed by atoms with Gasteiger partial charge >= 0.3 is 0 Å². The maximum Gasteiger partial charge on any atom is 0.133 e. The topological polar surface area (TPSA) is 38.7 Å². The zero-order valence-corrected chi connectivity index (χ0v) is 12.9. The summed E-state index contributed by atoms with van der Waals surface area (Å²) in [4.78, 5) is 0. The number of phenols is 1. The number of methoxy groups -OCH3 is 1. The van der Waals surface area contributed by atoms with Crippen molar-refractivity contribution in [1.29, 1.82) is 0 Å². The third kappa shape index (κ3) is 3.99. The lowest BCUT2D eigenvalue weighted by Gasteiger charge is -2.13. The highest BCUT2D eigenvalue weighted by molar-refractivity contribution is 9.10. The molecule has 0 heterocycles. The van der Waals surface area contributed by atoms with Crippen molar-refractivity contribution in [3.05, 3.63) is 58.1 Å². The first-order valence-electron chi connectivity index (χ1n) is 6.37. The van der Waals surface area contributed by atoms with Crippen LogP contribution in [0.3, 0.4) is 0 Å². The average molecular weight is 337 g/mol. The molecule has 2 aromatic carbocycles. The van der Waals surface area contributed by atoms with Crippen molar-refractivity contribution in [2.45, 2.75) is 13.0 Å². The molecule has 0 radical (unpaired) electrons. The molecule has 0 aromatic heterocycles. The van der Waals surface area contributed by atoms with Gasteiger partial charge in [-0.1, -0.05) is 30.3 Å². The summed E-state index contributed by atoms with van der Waals surface area (Å²) >= 11 is 3.32. The summed E-state index contributed by atoms with van der Waals surface area (Å²) < 4.78 is 11.6. The Bertz CT molecular complexity index is 555. The van der Waals surface area contributed by atoms with Crippen molar-refractivity contribution in [1.82, 2.24) is 0 Å². The van der Waals surface area contributed by atoms with Gasteiger partial charge in [0.15, 0.2) is 0 Å². The molecule has 106 valence electrons. The summed E-state index contributed by atoms with van der Waals surface area (Å²) in [6.45, 7) is 1.08. The van der Waals surface area contributed by atoms with Gasteiger partial charge in [-0.15, -0.1) is 0 Å². The van der Waals surface area contributed by atoms with E-state index >= 15 is 0 Å². The van der Waals surface area contributed by atoms with Crippen molar-refractivity contribution in [3.8, 4) is 11.5 Å². The summed E-state index contributed by atoms with van der Waals surface area (Å²) in [7, 11) is 1.67. The maximum absolute atomic E-state index is 9.79. The van der Waals surface area contributed by atoms with Crippen LogP contribution >= 0.6 is 15.9 Å². The van der Waals surface area contributed by atoms with Crippen LogP contribution in [0.1, 0.15) is 11.1 Å². The molecule has 1 N–H and O–H groups in total. The Morgan fingerprint density at radius 3 is 2.60 bits per heavy atom. The van der Waals surface area contributed by atoms with Crippen LogP contribution < -0.4 is 4.74 Å². The van der Waals surface area contributed by atoms with Gasteiger partial charge in [0.1, 0.15) is 18.1 Å². The smallest absolute Gasteiger partial charge is 0.133 e. The number of ether oxygens (including phenoxy) is 2. The summed E-state index contributed by atoms with van der Waals surface area (Å²) in [5.74, 6) is 0.862. The normalized spacial score (nSPS) is 10.5. The van der Waals surface area contributed by atoms with Crippen LogP contribution in [0.15, 0.2) is 46.9 Å². The summed E-state index contributed by atoms with van der Waals surface area (Å²) in [5, 5.41) is 9.79. The third-order valence-electron chi connectivity index (χ3n) is 2.94. The lowest BCUT2D eigenvalue weighted by Crippen LogP contribution is -2.01. The summed E-state index contributed by atoms with van der Waals surface area (Å²) in [5.41, 5.74) is 2.10. The van der Waals surface area contributed by atoms with Gasteiger partial charge in [0.2, 0.25) is 0 Å². The summed E-state index contributed by atoms with van der Waals surface area (Å²) in [6, 6.07) is 13.4. The number of rotatable bonds is 6. The quantitative estimate of drug-likeness (QED) is 0.868. The van der Waals surface area contributed by atoms with E-state index < -0.39 is 0 Å². The number of hydrogen-bond acceptors (Lipinski definition) is 3. The van der Waals surface area contributed by atoms with E-state index in [4.69, 9.17) is 9.47 Å². The molecule has 0 fully saturated rings. The first kappa shape index (κ1) is 14.9. The Hall–Kier alpha value is -1.52. The zero-order chi connectivity index (χ0) is 14.4. The predicted molar refractivity (Wildman–Crippen MR) is 82.2 cm³/mol. The molecule has 0 aliphatic rings. The van der Waals surface area contributed by atoms with Gasteiger partial charge in [0.05, 0.1) is 11.1 Å². The Balaban J connectivity index is 2.14. The highest BCUT2D eigenvalue weighted by Gasteiger charge is 2.09. The molecule has 0 aliphatic heterocycles. The molecule has 3 nitrogen and oxygen atoms in total. The molecule has 0 amide bonds. The van der Waals surface area contributed by atoms with Gasteiger partial charge in [-0.05, 0) is 39.5 Å². The summed E-state index contributed by atoms with van der Waals surface area (Å²) in [6.07, 6.45) is 0.736. The minimum Gasteiger partial charge on any atom is -0.507 e. The zero-order valence-electron chi connectivity index (χ0n) is 11.3. The van der Waals surface area contributed by atoms with E-state index in [9.17, 15) is 5.11 Å². The molecule has 0 saturated carbocycles. The van der Waals surface area contributed by atoms with Crippen LogP contribution in [0.5, 0.6) is 11.5 Å². The number of benzene rings is 2. The molecule has 0 aliphatic carbocycles. The van der Waals surface area contributed by atoms with E-state index in [1.165, 1.54) is 0 Å². The second kappa shape index (κ2) is 7.31. The highest BCUT2D eigenvalue weighted by Crippen LogP contribution is 2.32. The molecule has 0 bridgehead atoms. The fourth-order valence-corrected chi connectivity index (χ4v) is 2.25. The van der Waals surface area contributed by atoms with Crippen molar-refractivity contribution in [2.75, 3.05) is 13.7 Å². The molecular weight excluding hydrogens is 320 g/mol. The molecule has 20 heavy (non-hydrogen) atoms. The largest absolute Gasteiger partial charge is 0.507 e. The monoisotopic (exact) mass is 336 g/mol. The second-order valence-corrected chi connectivity index (χ2v) is 5.28. The predicted octanol–water partition coefficient (Wildman–Crippen LogP) is 3.92. The van der Waals surface area contributed by atoms with Gasteiger partial charge in [0.25, 0.3) is 0 Å². The third-order valence-corrected chi connectivity index (χ3v) is 3.58. The minimum atomic E-state index is 0.175. The fraction of sp³-hybridized carbons (Fsp3) is 0.250. The van der Waals surface area contributed by atoms with Crippen molar-refractivity contribution >= 4 is 15.9 Å². The van der Waals surface area contributed by atoms with Gasteiger partial charge < -0.3 is 14.6 Å². The van der Waals surface area contributed by atoms with Crippen LogP contribution in [0, 0.1) is 0 Å². The Morgan fingerprint density at radius 2 is 1.90 bits per heavy atom. The Kier molecular flexibility index (Phi) is 5.44. The first-order chi connectivity index (χ1) is 9.70. The van der Waals surface area contributed by atoms with Crippen molar-refractivity contribution in [3.63, 3.8) is 0 Å². The SMILES string of the molecule is COCCc1cc(Br)c(O)cc1OCc1ccccc1. The number of halogens is 1. The standard InChI is InChI=1S/C16H17BrO3/c1-19-8-7-13-9-14(17)15(18)10-16(13)20-11-12-5-3-2-4-6-12/h2-6,9-10,18H,7-8,11H2,1H3. The first-order valence-corrected chi connectivity index (χ1v) is 7.17. The molecule has 0 saturated heterocycles. The van der Waals surface area contributed by atoms with E-state index in [-0.39, 0.29) is 5.75 Å². The Morgan fingerprint density at radius 1 is 1.15 bits per heavy atom. The van der Waals surface area contributed by atoms with E-state index in [1.54, 1.807) is 13.2 Å². The van der Waals surface area contributed by atoms with Crippen LogP contribution in [0.25, 0.3) is 0 Å². The van der Waals surface area contributed by atoms with Crippen LogP contribution in [0.4, 0.5) is 0 Å². The maximum atomic E-state index is 9.79. The van der Waals surface area contributed by atoms with Gasteiger partial charge in [-0.25, -0.2) is 0 Å².